The highest BCUT2D eigenvalue weighted by Gasteiger charge is 2.15. The summed E-state index contributed by atoms with van der Waals surface area (Å²) in [5.74, 6) is 0.925. The molecule has 98 valence electrons. The van der Waals surface area contributed by atoms with Crippen molar-refractivity contribution in [2.45, 2.75) is 19.4 Å². The Kier molecular flexibility index (Phi) is 5.24. The van der Waals surface area contributed by atoms with E-state index in [4.69, 9.17) is 14.2 Å². The van der Waals surface area contributed by atoms with Gasteiger partial charge in [0, 0.05) is 13.3 Å². The standard InChI is InChI=1S/C14H18O4/c1-5-6-12(18-10(2)15)11-7-8-13(16-3)14(9-11)17-4/h5,7-9,12H,1,6H2,2-4H3/t12-/m1/s1. The quantitative estimate of drug-likeness (QED) is 0.575. The highest BCUT2D eigenvalue weighted by Crippen LogP contribution is 2.32. The van der Waals surface area contributed by atoms with Gasteiger partial charge in [0.2, 0.25) is 0 Å². The summed E-state index contributed by atoms with van der Waals surface area (Å²) >= 11 is 0. The maximum absolute atomic E-state index is 11.1. The third-order valence-electron chi connectivity index (χ3n) is 2.47. The van der Waals surface area contributed by atoms with Crippen LogP contribution in [0.1, 0.15) is 25.0 Å². The molecule has 0 radical (unpaired) electrons. The van der Waals surface area contributed by atoms with Crippen LogP contribution in [-0.4, -0.2) is 20.2 Å². The molecule has 4 heteroatoms. The Labute approximate surface area is 107 Å². The van der Waals surface area contributed by atoms with Gasteiger partial charge in [-0.25, -0.2) is 0 Å². The first-order valence-corrected chi connectivity index (χ1v) is 5.62. The lowest BCUT2D eigenvalue weighted by molar-refractivity contribution is -0.146. The minimum Gasteiger partial charge on any atom is -0.493 e. The molecule has 0 N–H and O–H groups in total. The predicted octanol–water partition coefficient (Wildman–Crippen LogP) is 2.88. The van der Waals surface area contributed by atoms with Gasteiger partial charge in [0.1, 0.15) is 6.10 Å². The van der Waals surface area contributed by atoms with Crippen LogP contribution in [-0.2, 0) is 9.53 Å². The molecule has 0 heterocycles. The Morgan fingerprint density at radius 3 is 2.50 bits per heavy atom. The maximum Gasteiger partial charge on any atom is 0.303 e. The highest BCUT2D eigenvalue weighted by atomic mass is 16.5. The van der Waals surface area contributed by atoms with Crippen molar-refractivity contribution in [3.8, 4) is 11.5 Å². The van der Waals surface area contributed by atoms with Gasteiger partial charge in [-0.2, -0.15) is 0 Å². The molecule has 4 nitrogen and oxygen atoms in total. The Morgan fingerprint density at radius 1 is 1.33 bits per heavy atom. The average Bonchev–Trinajstić information content (AvgIpc) is 2.37. The van der Waals surface area contributed by atoms with E-state index in [-0.39, 0.29) is 12.1 Å². The molecule has 0 aromatic heterocycles. The van der Waals surface area contributed by atoms with Crippen molar-refractivity contribution in [2.24, 2.45) is 0 Å². The van der Waals surface area contributed by atoms with Crippen molar-refractivity contribution in [3.05, 3.63) is 36.4 Å². The van der Waals surface area contributed by atoms with Crippen molar-refractivity contribution in [3.63, 3.8) is 0 Å². The third kappa shape index (κ3) is 3.52. The van der Waals surface area contributed by atoms with Crippen LogP contribution in [0.15, 0.2) is 30.9 Å². The fourth-order valence-corrected chi connectivity index (χ4v) is 1.66. The van der Waals surface area contributed by atoms with Gasteiger partial charge >= 0.3 is 5.97 Å². The summed E-state index contributed by atoms with van der Waals surface area (Å²) in [7, 11) is 3.14. The number of carbonyl (C=O) groups is 1. The van der Waals surface area contributed by atoms with Crippen molar-refractivity contribution >= 4 is 5.97 Å². The van der Waals surface area contributed by atoms with E-state index in [0.29, 0.717) is 17.9 Å². The Morgan fingerprint density at radius 2 is 2.00 bits per heavy atom. The number of hydrogen-bond acceptors (Lipinski definition) is 4. The first-order valence-electron chi connectivity index (χ1n) is 5.62. The number of carbonyl (C=O) groups excluding carboxylic acids is 1. The first kappa shape index (κ1) is 14.1. The second kappa shape index (κ2) is 6.69. The monoisotopic (exact) mass is 250 g/mol. The van der Waals surface area contributed by atoms with E-state index in [1.807, 2.05) is 6.07 Å². The summed E-state index contributed by atoms with van der Waals surface area (Å²) in [6.07, 6.45) is 1.92. The van der Waals surface area contributed by atoms with E-state index in [9.17, 15) is 4.79 Å². The smallest absolute Gasteiger partial charge is 0.303 e. The molecule has 0 unspecified atom stereocenters. The Hall–Kier alpha value is -1.97. The van der Waals surface area contributed by atoms with Crippen LogP contribution in [0.3, 0.4) is 0 Å². The average molecular weight is 250 g/mol. The molecule has 0 spiro atoms. The molecule has 0 aliphatic rings. The molecule has 0 aliphatic heterocycles. The van der Waals surface area contributed by atoms with Gasteiger partial charge in [0.15, 0.2) is 11.5 Å². The van der Waals surface area contributed by atoms with Crippen LogP contribution >= 0.6 is 0 Å². The molecule has 1 rings (SSSR count). The van der Waals surface area contributed by atoms with Gasteiger partial charge < -0.3 is 14.2 Å². The number of hydrogen-bond donors (Lipinski definition) is 0. The van der Waals surface area contributed by atoms with Crippen LogP contribution in [0.5, 0.6) is 11.5 Å². The normalized spacial score (nSPS) is 11.5. The summed E-state index contributed by atoms with van der Waals surface area (Å²) in [5, 5.41) is 0. The zero-order valence-electron chi connectivity index (χ0n) is 10.9. The largest absolute Gasteiger partial charge is 0.493 e. The van der Waals surface area contributed by atoms with E-state index in [0.717, 1.165) is 5.56 Å². The third-order valence-corrected chi connectivity index (χ3v) is 2.47. The number of ether oxygens (including phenoxy) is 3. The van der Waals surface area contributed by atoms with Gasteiger partial charge in [-0.05, 0) is 17.7 Å². The SMILES string of the molecule is C=CC[C@@H](OC(C)=O)c1ccc(OC)c(OC)c1. The van der Waals surface area contributed by atoms with E-state index >= 15 is 0 Å². The summed E-state index contributed by atoms with van der Waals surface area (Å²) in [6, 6.07) is 5.43. The zero-order valence-corrected chi connectivity index (χ0v) is 10.9. The fourth-order valence-electron chi connectivity index (χ4n) is 1.66. The van der Waals surface area contributed by atoms with E-state index in [1.54, 1.807) is 32.4 Å². The summed E-state index contributed by atoms with van der Waals surface area (Å²) in [6.45, 7) is 5.05. The summed E-state index contributed by atoms with van der Waals surface area (Å²) < 4.78 is 15.6. The topological polar surface area (TPSA) is 44.8 Å². The molecular formula is C14H18O4. The lowest BCUT2D eigenvalue weighted by atomic mass is 10.1. The Bertz CT molecular complexity index is 426. The molecule has 0 bridgehead atoms. The van der Waals surface area contributed by atoms with Crippen LogP contribution in [0.4, 0.5) is 0 Å². The molecule has 0 fully saturated rings. The maximum atomic E-state index is 11.1. The molecule has 0 saturated carbocycles. The zero-order chi connectivity index (χ0) is 13.5. The summed E-state index contributed by atoms with van der Waals surface area (Å²) in [5.41, 5.74) is 0.850. The number of benzene rings is 1. The number of rotatable bonds is 6. The van der Waals surface area contributed by atoms with Gasteiger partial charge in [0.25, 0.3) is 0 Å². The fraction of sp³-hybridized carbons (Fsp3) is 0.357. The predicted molar refractivity (Wildman–Crippen MR) is 68.9 cm³/mol. The van der Waals surface area contributed by atoms with E-state index in [2.05, 4.69) is 6.58 Å². The Balaban J connectivity index is 3.04. The minimum atomic E-state index is -0.347. The van der Waals surface area contributed by atoms with Crippen molar-refractivity contribution < 1.29 is 19.0 Å². The molecule has 1 atom stereocenters. The van der Waals surface area contributed by atoms with Crippen LogP contribution in [0, 0.1) is 0 Å². The van der Waals surface area contributed by atoms with Gasteiger partial charge in [0.05, 0.1) is 14.2 Å². The second-order valence-corrected chi connectivity index (χ2v) is 3.74. The van der Waals surface area contributed by atoms with Gasteiger partial charge in [-0.3, -0.25) is 4.79 Å². The van der Waals surface area contributed by atoms with Crippen molar-refractivity contribution in [1.82, 2.24) is 0 Å². The number of methoxy groups -OCH3 is 2. The first-order chi connectivity index (χ1) is 8.62. The lowest BCUT2D eigenvalue weighted by Gasteiger charge is -2.17. The second-order valence-electron chi connectivity index (χ2n) is 3.74. The molecule has 0 aliphatic carbocycles. The summed E-state index contributed by atoms with van der Waals surface area (Å²) in [4.78, 5) is 11.1. The number of esters is 1. The van der Waals surface area contributed by atoms with E-state index in [1.165, 1.54) is 6.92 Å². The van der Waals surface area contributed by atoms with Crippen LogP contribution in [0.25, 0.3) is 0 Å². The van der Waals surface area contributed by atoms with Gasteiger partial charge in [-0.1, -0.05) is 12.1 Å². The minimum absolute atomic E-state index is 0.323. The molecule has 1 aromatic rings. The molecule has 18 heavy (non-hydrogen) atoms. The van der Waals surface area contributed by atoms with Gasteiger partial charge in [-0.15, -0.1) is 6.58 Å². The van der Waals surface area contributed by atoms with Crippen molar-refractivity contribution in [1.29, 1.82) is 0 Å². The lowest BCUT2D eigenvalue weighted by Crippen LogP contribution is -2.08. The molecular weight excluding hydrogens is 232 g/mol. The van der Waals surface area contributed by atoms with Crippen molar-refractivity contribution in [2.75, 3.05) is 14.2 Å². The highest BCUT2D eigenvalue weighted by molar-refractivity contribution is 5.66. The van der Waals surface area contributed by atoms with Crippen LogP contribution < -0.4 is 9.47 Å². The van der Waals surface area contributed by atoms with Crippen LogP contribution in [0.2, 0.25) is 0 Å². The molecule has 0 amide bonds. The molecule has 1 aromatic carbocycles. The molecule has 0 saturated heterocycles. The van der Waals surface area contributed by atoms with E-state index < -0.39 is 0 Å².